The SMILES string of the molecule is NCC(F)(F)CNC(=O)C1CCCCN1C(=O)c1ccco1. The monoisotopic (exact) mass is 315 g/mol. The highest BCUT2D eigenvalue weighted by Gasteiger charge is 2.35. The van der Waals surface area contributed by atoms with Gasteiger partial charge >= 0.3 is 0 Å². The highest BCUT2D eigenvalue weighted by Crippen LogP contribution is 2.20. The predicted octanol–water partition coefficient (Wildman–Crippen LogP) is 0.984. The molecule has 1 atom stereocenters. The van der Waals surface area contributed by atoms with Crippen molar-refractivity contribution < 1.29 is 22.8 Å². The lowest BCUT2D eigenvalue weighted by molar-refractivity contribution is -0.128. The normalized spacial score (nSPS) is 19.0. The molecule has 1 aliphatic heterocycles. The lowest BCUT2D eigenvalue weighted by Crippen LogP contribution is -2.54. The van der Waals surface area contributed by atoms with Gasteiger partial charge in [0, 0.05) is 6.54 Å². The summed E-state index contributed by atoms with van der Waals surface area (Å²) in [5, 5.41) is 2.18. The van der Waals surface area contributed by atoms with Crippen LogP contribution >= 0.6 is 0 Å². The largest absolute Gasteiger partial charge is 0.459 e. The Hall–Kier alpha value is -1.96. The molecule has 0 aliphatic carbocycles. The summed E-state index contributed by atoms with van der Waals surface area (Å²) in [6, 6.07) is 2.32. The molecule has 1 unspecified atom stereocenters. The summed E-state index contributed by atoms with van der Waals surface area (Å²) in [6.07, 6.45) is 3.32. The van der Waals surface area contributed by atoms with E-state index in [9.17, 15) is 18.4 Å². The Labute approximate surface area is 126 Å². The molecule has 1 aromatic rings. The minimum absolute atomic E-state index is 0.131. The first-order valence-electron chi connectivity index (χ1n) is 7.15. The summed E-state index contributed by atoms with van der Waals surface area (Å²) < 4.78 is 31.3. The maximum Gasteiger partial charge on any atom is 0.290 e. The molecule has 2 amide bonds. The maximum atomic E-state index is 13.1. The van der Waals surface area contributed by atoms with Crippen LogP contribution in [-0.4, -0.2) is 48.3 Å². The van der Waals surface area contributed by atoms with Crippen LogP contribution in [0.15, 0.2) is 22.8 Å². The van der Waals surface area contributed by atoms with Gasteiger partial charge in [0.05, 0.1) is 19.4 Å². The topological polar surface area (TPSA) is 88.6 Å². The van der Waals surface area contributed by atoms with Crippen molar-refractivity contribution in [2.75, 3.05) is 19.6 Å². The summed E-state index contributed by atoms with van der Waals surface area (Å²) in [4.78, 5) is 25.8. The van der Waals surface area contributed by atoms with Crippen molar-refractivity contribution in [2.24, 2.45) is 5.73 Å². The molecule has 8 heteroatoms. The van der Waals surface area contributed by atoms with E-state index in [0.717, 1.165) is 12.8 Å². The number of amides is 2. The van der Waals surface area contributed by atoms with Gasteiger partial charge in [-0.05, 0) is 31.4 Å². The fraction of sp³-hybridized carbons (Fsp3) is 0.571. The second-order valence-corrected chi connectivity index (χ2v) is 5.27. The fourth-order valence-electron chi connectivity index (χ4n) is 2.40. The van der Waals surface area contributed by atoms with E-state index < -0.39 is 36.9 Å². The van der Waals surface area contributed by atoms with Crippen LogP contribution in [0.4, 0.5) is 8.78 Å². The fourth-order valence-corrected chi connectivity index (χ4v) is 2.40. The first-order valence-corrected chi connectivity index (χ1v) is 7.15. The molecular formula is C14H19F2N3O3. The van der Waals surface area contributed by atoms with E-state index in [1.54, 1.807) is 6.07 Å². The number of piperidine rings is 1. The zero-order chi connectivity index (χ0) is 16.2. The van der Waals surface area contributed by atoms with E-state index in [4.69, 9.17) is 10.2 Å². The Morgan fingerprint density at radius 3 is 2.86 bits per heavy atom. The Bertz CT molecular complexity index is 519. The third-order valence-corrected chi connectivity index (χ3v) is 3.62. The number of rotatable bonds is 5. The molecule has 3 N–H and O–H groups in total. The molecule has 122 valence electrons. The molecule has 0 spiro atoms. The van der Waals surface area contributed by atoms with E-state index in [1.807, 2.05) is 0 Å². The molecule has 2 heterocycles. The standard InChI is InChI=1S/C14H19F2N3O3/c15-14(16,8-17)9-18-12(20)10-4-1-2-6-19(10)13(21)11-5-3-7-22-11/h3,5,7,10H,1-2,4,6,8-9,17H2,(H,18,20). The number of carbonyl (C=O) groups excluding carboxylic acids is 2. The van der Waals surface area contributed by atoms with Crippen LogP contribution in [0.25, 0.3) is 0 Å². The molecular weight excluding hydrogens is 296 g/mol. The average Bonchev–Trinajstić information content (AvgIpc) is 3.06. The Kier molecular flexibility index (Phi) is 5.12. The third-order valence-electron chi connectivity index (χ3n) is 3.62. The van der Waals surface area contributed by atoms with Crippen LogP contribution in [0.1, 0.15) is 29.8 Å². The minimum atomic E-state index is -3.15. The van der Waals surface area contributed by atoms with E-state index >= 15 is 0 Å². The van der Waals surface area contributed by atoms with Crippen molar-refractivity contribution in [2.45, 2.75) is 31.2 Å². The van der Waals surface area contributed by atoms with Gasteiger partial charge in [0.25, 0.3) is 11.8 Å². The van der Waals surface area contributed by atoms with Crippen molar-refractivity contribution in [3.05, 3.63) is 24.2 Å². The number of nitrogens with one attached hydrogen (secondary N) is 1. The van der Waals surface area contributed by atoms with Gasteiger partial charge in [-0.15, -0.1) is 0 Å². The smallest absolute Gasteiger partial charge is 0.290 e. The second kappa shape index (κ2) is 6.87. The van der Waals surface area contributed by atoms with E-state index in [1.165, 1.54) is 17.2 Å². The van der Waals surface area contributed by atoms with Gasteiger partial charge in [-0.1, -0.05) is 0 Å². The van der Waals surface area contributed by atoms with Crippen LogP contribution in [-0.2, 0) is 4.79 Å². The van der Waals surface area contributed by atoms with E-state index in [0.29, 0.717) is 13.0 Å². The predicted molar refractivity (Wildman–Crippen MR) is 74.4 cm³/mol. The molecule has 1 fully saturated rings. The van der Waals surface area contributed by atoms with Crippen molar-refractivity contribution in [1.82, 2.24) is 10.2 Å². The molecule has 22 heavy (non-hydrogen) atoms. The average molecular weight is 315 g/mol. The zero-order valence-corrected chi connectivity index (χ0v) is 12.1. The minimum Gasteiger partial charge on any atom is -0.459 e. The Morgan fingerprint density at radius 1 is 1.45 bits per heavy atom. The lowest BCUT2D eigenvalue weighted by atomic mass is 10.0. The first kappa shape index (κ1) is 16.4. The van der Waals surface area contributed by atoms with Crippen LogP contribution in [0, 0.1) is 0 Å². The van der Waals surface area contributed by atoms with E-state index in [-0.39, 0.29) is 5.76 Å². The summed E-state index contributed by atoms with van der Waals surface area (Å²) in [7, 11) is 0. The van der Waals surface area contributed by atoms with Gasteiger partial charge in [0.1, 0.15) is 6.04 Å². The first-order chi connectivity index (χ1) is 10.4. The van der Waals surface area contributed by atoms with Crippen LogP contribution < -0.4 is 11.1 Å². The number of hydrogen-bond acceptors (Lipinski definition) is 4. The van der Waals surface area contributed by atoms with Crippen LogP contribution in [0.2, 0.25) is 0 Å². The summed E-state index contributed by atoms with van der Waals surface area (Å²) in [6.45, 7) is -1.28. The highest BCUT2D eigenvalue weighted by atomic mass is 19.3. The number of likely N-dealkylation sites (tertiary alicyclic amines) is 1. The quantitative estimate of drug-likeness (QED) is 0.848. The molecule has 0 radical (unpaired) electrons. The molecule has 6 nitrogen and oxygen atoms in total. The van der Waals surface area contributed by atoms with Crippen molar-refractivity contribution in [3.8, 4) is 0 Å². The Morgan fingerprint density at radius 2 is 2.23 bits per heavy atom. The molecule has 1 aliphatic rings. The lowest BCUT2D eigenvalue weighted by Gasteiger charge is -2.34. The number of alkyl halides is 2. The van der Waals surface area contributed by atoms with Gasteiger partial charge in [-0.25, -0.2) is 8.78 Å². The van der Waals surface area contributed by atoms with Crippen LogP contribution in [0.3, 0.4) is 0 Å². The zero-order valence-electron chi connectivity index (χ0n) is 12.1. The number of carbonyl (C=O) groups is 2. The van der Waals surface area contributed by atoms with Gasteiger partial charge < -0.3 is 20.4 Å². The third kappa shape index (κ3) is 3.82. The van der Waals surface area contributed by atoms with Gasteiger partial charge in [-0.2, -0.15) is 0 Å². The maximum absolute atomic E-state index is 13.1. The van der Waals surface area contributed by atoms with Crippen molar-refractivity contribution in [3.63, 3.8) is 0 Å². The summed E-state index contributed by atoms with van der Waals surface area (Å²) in [5.41, 5.74) is 4.93. The summed E-state index contributed by atoms with van der Waals surface area (Å²) >= 11 is 0. The number of nitrogens with zero attached hydrogens (tertiary/aromatic N) is 1. The van der Waals surface area contributed by atoms with Crippen molar-refractivity contribution >= 4 is 11.8 Å². The molecule has 1 aromatic heterocycles. The van der Waals surface area contributed by atoms with Crippen LogP contribution in [0.5, 0.6) is 0 Å². The second-order valence-electron chi connectivity index (χ2n) is 5.27. The number of halogens is 2. The molecule has 0 aromatic carbocycles. The van der Waals surface area contributed by atoms with Gasteiger partial charge in [0.15, 0.2) is 5.76 Å². The highest BCUT2D eigenvalue weighted by molar-refractivity contribution is 5.95. The number of nitrogens with two attached hydrogens (primary N) is 1. The Balaban J connectivity index is 2.03. The summed E-state index contributed by atoms with van der Waals surface area (Å²) in [5.74, 6) is -4.02. The number of hydrogen-bond donors (Lipinski definition) is 2. The molecule has 1 saturated heterocycles. The molecule has 0 bridgehead atoms. The molecule has 0 saturated carbocycles. The van der Waals surface area contributed by atoms with Crippen molar-refractivity contribution in [1.29, 1.82) is 0 Å². The van der Waals surface area contributed by atoms with E-state index in [2.05, 4.69) is 5.32 Å². The number of furan rings is 1. The molecule has 2 rings (SSSR count). The van der Waals surface area contributed by atoms with Gasteiger partial charge in [0.2, 0.25) is 5.91 Å². The van der Waals surface area contributed by atoms with Gasteiger partial charge in [-0.3, -0.25) is 9.59 Å².